The van der Waals surface area contributed by atoms with Crippen molar-refractivity contribution in [1.82, 2.24) is 19.8 Å². The van der Waals surface area contributed by atoms with E-state index in [1.54, 1.807) is 6.07 Å². The Labute approximate surface area is 141 Å². The van der Waals surface area contributed by atoms with E-state index in [9.17, 15) is 9.18 Å². The van der Waals surface area contributed by atoms with Gasteiger partial charge in [0.05, 0.1) is 17.6 Å². The number of aromatic nitrogens is 2. The van der Waals surface area contributed by atoms with E-state index in [0.29, 0.717) is 18.9 Å². The lowest BCUT2D eigenvalue weighted by molar-refractivity contribution is -0.136. The van der Waals surface area contributed by atoms with Gasteiger partial charge in [-0.15, -0.1) is 0 Å². The molecule has 3 rings (SSSR count). The van der Waals surface area contributed by atoms with E-state index in [0.717, 1.165) is 36.4 Å². The van der Waals surface area contributed by atoms with Crippen molar-refractivity contribution >= 4 is 16.9 Å². The fraction of sp³-hybridized carbons (Fsp3) is 0.556. The lowest BCUT2D eigenvalue weighted by Gasteiger charge is -2.36. The number of hydrogen-bond acceptors (Lipinski definition) is 3. The van der Waals surface area contributed by atoms with Crippen LogP contribution < -0.4 is 0 Å². The van der Waals surface area contributed by atoms with Crippen LogP contribution in [-0.2, 0) is 11.3 Å². The number of rotatable bonds is 5. The summed E-state index contributed by atoms with van der Waals surface area (Å²) in [5.74, 6) is 1.33. The van der Waals surface area contributed by atoms with Crippen LogP contribution >= 0.6 is 0 Å². The predicted molar refractivity (Wildman–Crippen MR) is 92.0 cm³/mol. The molecule has 1 saturated heterocycles. The number of piperidine rings is 1. The van der Waals surface area contributed by atoms with Crippen LogP contribution in [0.15, 0.2) is 18.2 Å². The topological polar surface area (TPSA) is 52.2 Å². The molecule has 0 radical (unpaired) electrons. The number of amides is 1. The molecule has 1 atom stereocenters. The summed E-state index contributed by atoms with van der Waals surface area (Å²) in [5, 5.41) is 0. The van der Waals surface area contributed by atoms with E-state index < -0.39 is 0 Å². The number of aromatic amines is 1. The zero-order valence-corrected chi connectivity index (χ0v) is 14.6. The third-order valence-electron chi connectivity index (χ3n) is 4.65. The smallest absolute Gasteiger partial charge is 0.222 e. The zero-order chi connectivity index (χ0) is 17.3. The van der Waals surface area contributed by atoms with Crippen LogP contribution in [0.3, 0.4) is 0 Å². The number of fused-ring (bicyclic) bond motifs is 1. The average molecular weight is 332 g/mol. The van der Waals surface area contributed by atoms with Crippen molar-refractivity contribution in [3.05, 3.63) is 29.8 Å². The van der Waals surface area contributed by atoms with Gasteiger partial charge in [-0.1, -0.05) is 0 Å². The monoisotopic (exact) mass is 332 g/mol. The summed E-state index contributed by atoms with van der Waals surface area (Å²) in [6, 6.07) is 4.85. The van der Waals surface area contributed by atoms with Crippen LogP contribution in [0, 0.1) is 11.7 Å². The molecule has 0 saturated carbocycles. The van der Waals surface area contributed by atoms with Crippen LogP contribution in [0.1, 0.15) is 32.5 Å². The second-order valence-electron chi connectivity index (χ2n) is 7.09. The Balaban J connectivity index is 1.60. The molecule has 5 nitrogen and oxygen atoms in total. The summed E-state index contributed by atoms with van der Waals surface area (Å²) in [4.78, 5) is 23.8. The third kappa shape index (κ3) is 3.75. The quantitative estimate of drug-likeness (QED) is 0.916. The van der Waals surface area contributed by atoms with E-state index >= 15 is 0 Å². The molecule has 1 aliphatic rings. The molecule has 1 amide bonds. The number of benzene rings is 1. The maximum Gasteiger partial charge on any atom is 0.222 e. The number of likely N-dealkylation sites (tertiary alicyclic amines) is 1. The van der Waals surface area contributed by atoms with Gasteiger partial charge in [0.2, 0.25) is 5.91 Å². The van der Waals surface area contributed by atoms with Gasteiger partial charge in [-0.05, 0) is 51.4 Å². The number of H-pyrrole nitrogens is 1. The van der Waals surface area contributed by atoms with Crippen LogP contribution in [0.25, 0.3) is 11.0 Å². The lowest BCUT2D eigenvalue weighted by atomic mass is 9.96. The first kappa shape index (κ1) is 16.9. The Bertz CT molecular complexity index is 727. The SMILES string of the molecule is CC(C)N1CC(CN(C)Cc2nc3ccc(F)cc3[nH]2)CCC1=O. The molecule has 1 unspecified atom stereocenters. The molecule has 130 valence electrons. The third-order valence-corrected chi connectivity index (χ3v) is 4.65. The second-order valence-corrected chi connectivity index (χ2v) is 7.09. The lowest BCUT2D eigenvalue weighted by Crippen LogP contribution is -2.46. The van der Waals surface area contributed by atoms with Gasteiger partial charge >= 0.3 is 0 Å². The molecular formula is C18H25FN4O. The van der Waals surface area contributed by atoms with Crippen molar-refractivity contribution in [2.75, 3.05) is 20.1 Å². The number of carbonyl (C=O) groups excluding carboxylic acids is 1. The first-order valence-corrected chi connectivity index (χ1v) is 8.54. The minimum Gasteiger partial charge on any atom is -0.341 e. The van der Waals surface area contributed by atoms with E-state index in [4.69, 9.17) is 0 Å². The molecule has 0 spiro atoms. The molecular weight excluding hydrogens is 307 g/mol. The first-order chi connectivity index (χ1) is 11.4. The molecule has 1 aliphatic heterocycles. The van der Waals surface area contributed by atoms with Crippen molar-refractivity contribution in [2.45, 2.75) is 39.3 Å². The molecule has 1 N–H and O–H groups in total. The molecule has 6 heteroatoms. The maximum absolute atomic E-state index is 13.3. The summed E-state index contributed by atoms with van der Waals surface area (Å²) >= 11 is 0. The number of hydrogen-bond donors (Lipinski definition) is 1. The number of imidazole rings is 1. The van der Waals surface area contributed by atoms with Gasteiger partial charge in [0.1, 0.15) is 11.6 Å². The van der Waals surface area contributed by atoms with E-state index in [1.807, 2.05) is 4.90 Å². The fourth-order valence-corrected chi connectivity index (χ4v) is 3.46. The summed E-state index contributed by atoms with van der Waals surface area (Å²) < 4.78 is 13.3. The highest BCUT2D eigenvalue weighted by molar-refractivity contribution is 5.77. The van der Waals surface area contributed by atoms with E-state index in [1.165, 1.54) is 12.1 Å². The molecule has 0 aliphatic carbocycles. The highest BCUT2D eigenvalue weighted by atomic mass is 19.1. The Morgan fingerprint density at radius 1 is 1.46 bits per heavy atom. The average Bonchev–Trinajstić information content (AvgIpc) is 2.90. The van der Waals surface area contributed by atoms with E-state index in [2.05, 4.69) is 35.8 Å². The van der Waals surface area contributed by atoms with Crippen molar-refractivity contribution in [2.24, 2.45) is 5.92 Å². The van der Waals surface area contributed by atoms with Gasteiger partial charge in [0, 0.05) is 25.6 Å². The van der Waals surface area contributed by atoms with E-state index in [-0.39, 0.29) is 17.8 Å². The molecule has 1 aromatic carbocycles. The number of halogens is 1. The predicted octanol–water partition coefficient (Wildman–Crippen LogP) is 2.78. The van der Waals surface area contributed by atoms with Gasteiger partial charge < -0.3 is 9.88 Å². The highest BCUT2D eigenvalue weighted by Gasteiger charge is 2.27. The van der Waals surface area contributed by atoms with Gasteiger partial charge in [-0.3, -0.25) is 9.69 Å². The largest absolute Gasteiger partial charge is 0.341 e. The van der Waals surface area contributed by atoms with Crippen molar-refractivity contribution in [1.29, 1.82) is 0 Å². The minimum atomic E-state index is -0.258. The highest BCUT2D eigenvalue weighted by Crippen LogP contribution is 2.21. The second kappa shape index (κ2) is 6.89. The van der Waals surface area contributed by atoms with Crippen LogP contribution in [0.4, 0.5) is 4.39 Å². The zero-order valence-electron chi connectivity index (χ0n) is 14.6. The van der Waals surface area contributed by atoms with Gasteiger partial charge in [-0.25, -0.2) is 9.37 Å². The molecule has 24 heavy (non-hydrogen) atoms. The number of nitrogens with zero attached hydrogens (tertiary/aromatic N) is 3. The van der Waals surface area contributed by atoms with Crippen LogP contribution in [-0.4, -0.2) is 51.9 Å². The Morgan fingerprint density at radius 2 is 2.25 bits per heavy atom. The summed E-state index contributed by atoms with van der Waals surface area (Å²) in [6.45, 7) is 6.56. The fourth-order valence-electron chi connectivity index (χ4n) is 3.46. The van der Waals surface area contributed by atoms with Crippen LogP contribution in [0.2, 0.25) is 0 Å². The number of carbonyl (C=O) groups is 1. The normalized spacial score (nSPS) is 19.0. The minimum absolute atomic E-state index is 0.258. The molecule has 1 fully saturated rings. The van der Waals surface area contributed by atoms with Crippen LogP contribution in [0.5, 0.6) is 0 Å². The molecule has 2 aromatic rings. The van der Waals surface area contributed by atoms with Crippen molar-refractivity contribution in [3.63, 3.8) is 0 Å². The van der Waals surface area contributed by atoms with Crippen molar-refractivity contribution in [3.8, 4) is 0 Å². The Morgan fingerprint density at radius 3 is 3.00 bits per heavy atom. The van der Waals surface area contributed by atoms with Crippen molar-refractivity contribution < 1.29 is 9.18 Å². The standard InChI is InChI=1S/C18H25FN4O/c1-12(2)23-10-13(4-7-18(23)24)9-22(3)11-17-20-15-6-5-14(19)8-16(15)21-17/h5-6,8,12-13H,4,7,9-11H2,1-3H3,(H,20,21). The molecule has 1 aromatic heterocycles. The number of nitrogens with one attached hydrogen (secondary N) is 1. The summed E-state index contributed by atoms with van der Waals surface area (Å²) in [6.07, 6.45) is 1.58. The molecule has 0 bridgehead atoms. The summed E-state index contributed by atoms with van der Waals surface area (Å²) in [7, 11) is 2.06. The Kier molecular flexibility index (Phi) is 4.85. The maximum atomic E-state index is 13.3. The van der Waals surface area contributed by atoms with Gasteiger partial charge in [0.25, 0.3) is 0 Å². The van der Waals surface area contributed by atoms with Gasteiger partial charge in [0.15, 0.2) is 0 Å². The Hall–Kier alpha value is -1.95. The summed E-state index contributed by atoms with van der Waals surface area (Å²) in [5.41, 5.74) is 1.52. The molecule has 2 heterocycles. The van der Waals surface area contributed by atoms with Gasteiger partial charge in [-0.2, -0.15) is 0 Å². The first-order valence-electron chi connectivity index (χ1n) is 8.54.